The van der Waals surface area contributed by atoms with Crippen molar-refractivity contribution in [1.29, 1.82) is 0 Å². The van der Waals surface area contributed by atoms with Crippen LogP contribution in [0.25, 0.3) is 0 Å². The Morgan fingerprint density at radius 2 is 1.83 bits per heavy atom. The standard InChI is InChI=1S/C13H26N2O3/c1-11(7-6-9-14)13(18)15-10-5-3-2-4-8-12(16)17/h11H,2-10,14H2,1H3,(H,15,18)(H,16,17). The summed E-state index contributed by atoms with van der Waals surface area (Å²) in [6.45, 7) is 3.22. The Morgan fingerprint density at radius 3 is 2.44 bits per heavy atom. The van der Waals surface area contributed by atoms with Gasteiger partial charge in [0.2, 0.25) is 5.91 Å². The third-order valence-electron chi connectivity index (χ3n) is 2.91. The van der Waals surface area contributed by atoms with E-state index in [0.717, 1.165) is 38.5 Å². The van der Waals surface area contributed by atoms with Crippen LogP contribution in [0.4, 0.5) is 0 Å². The van der Waals surface area contributed by atoms with Gasteiger partial charge in [0.15, 0.2) is 0 Å². The van der Waals surface area contributed by atoms with Crippen molar-refractivity contribution in [3.63, 3.8) is 0 Å². The lowest BCUT2D eigenvalue weighted by atomic mass is 10.0. The highest BCUT2D eigenvalue weighted by atomic mass is 16.4. The molecule has 0 heterocycles. The van der Waals surface area contributed by atoms with Crippen LogP contribution < -0.4 is 11.1 Å². The third kappa shape index (κ3) is 10.1. The molecule has 0 saturated carbocycles. The zero-order chi connectivity index (χ0) is 13.8. The Kier molecular flexibility index (Phi) is 10.3. The number of rotatable bonds is 11. The van der Waals surface area contributed by atoms with Crippen LogP contribution in [0.15, 0.2) is 0 Å². The summed E-state index contributed by atoms with van der Waals surface area (Å²) in [7, 11) is 0. The average Bonchev–Trinajstić information content (AvgIpc) is 2.34. The van der Waals surface area contributed by atoms with Crippen molar-refractivity contribution in [2.45, 2.75) is 51.9 Å². The third-order valence-corrected chi connectivity index (χ3v) is 2.91. The summed E-state index contributed by atoms with van der Waals surface area (Å²) in [5, 5.41) is 11.3. The van der Waals surface area contributed by atoms with Crippen molar-refractivity contribution >= 4 is 11.9 Å². The lowest BCUT2D eigenvalue weighted by Gasteiger charge is -2.11. The maximum Gasteiger partial charge on any atom is 0.303 e. The van der Waals surface area contributed by atoms with Gasteiger partial charge in [-0.3, -0.25) is 9.59 Å². The molecule has 18 heavy (non-hydrogen) atoms. The van der Waals surface area contributed by atoms with Gasteiger partial charge in [0.05, 0.1) is 0 Å². The fraction of sp³-hybridized carbons (Fsp3) is 0.846. The van der Waals surface area contributed by atoms with Crippen LogP contribution in [0.1, 0.15) is 51.9 Å². The molecular formula is C13H26N2O3. The fourth-order valence-corrected chi connectivity index (χ4v) is 1.70. The smallest absolute Gasteiger partial charge is 0.303 e. The van der Waals surface area contributed by atoms with Gasteiger partial charge in [0.1, 0.15) is 0 Å². The van der Waals surface area contributed by atoms with Crippen molar-refractivity contribution in [3.8, 4) is 0 Å². The first-order valence-electron chi connectivity index (χ1n) is 6.77. The van der Waals surface area contributed by atoms with Gasteiger partial charge in [-0.15, -0.1) is 0 Å². The maximum absolute atomic E-state index is 11.6. The molecule has 0 fully saturated rings. The van der Waals surface area contributed by atoms with E-state index >= 15 is 0 Å². The minimum atomic E-state index is -0.739. The molecule has 0 spiro atoms. The number of amides is 1. The van der Waals surface area contributed by atoms with Gasteiger partial charge in [-0.05, 0) is 32.2 Å². The molecule has 0 aromatic heterocycles. The molecule has 0 aromatic rings. The van der Waals surface area contributed by atoms with E-state index in [1.807, 2.05) is 6.92 Å². The van der Waals surface area contributed by atoms with E-state index in [1.165, 1.54) is 0 Å². The van der Waals surface area contributed by atoms with E-state index in [0.29, 0.717) is 13.1 Å². The van der Waals surface area contributed by atoms with Crippen LogP contribution in [0.2, 0.25) is 0 Å². The highest BCUT2D eigenvalue weighted by molar-refractivity contribution is 5.78. The van der Waals surface area contributed by atoms with Crippen LogP contribution in [0, 0.1) is 5.92 Å². The van der Waals surface area contributed by atoms with E-state index in [2.05, 4.69) is 5.32 Å². The Bertz CT molecular complexity index is 244. The van der Waals surface area contributed by atoms with Crippen molar-refractivity contribution in [3.05, 3.63) is 0 Å². The lowest BCUT2D eigenvalue weighted by Crippen LogP contribution is -2.30. The summed E-state index contributed by atoms with van der Waals surface area (Å²) >= 11 is 0. The predicted octanol–water partition coefficient (Wildman–Crippen LogP) is 1.51. The van der Waals surface area contributed by atoms with Gasteiger partial charge in [0, 0.05) is 18.9 Å². The first kappa shape index (κ1) is 16.9. The number of unbranched alkanes of at least 4 members (excludes halogenated alkanes) is 3. The van der Waals surface area contributed by atoms with Gasteiger partial charge < -0.3 is 16.2 Å². The predicted molar refractivity (Wildman–Crippen MR) is 71.2 cm³/mol. The lowest BCUT2D eigenvalue weighted by molar-refractivity contribution is -0.137. The molecule has 0 aliphatic rings. The van der Waals surface area contributed by atoms with Crippen LogP contribution in [-0.2, 0) is 9.59 Å². The van der Waals surface area contributed by atoms with Gasteiger partial charge in [-0.1, -0.05) is 19.8 Å². The van der Waals surface area contributed by atoms with Crippen molar-refractivity contribution in [2.24, 2.45) is 11.7 Å². The molecule has 0 rings (SSSR count). The number of carbonyl (C=O) groups is 2. The van der Waals surface area contributed by atoms with Crippen molar-refractivity contribution in [1.82, 2.24) is 5.32 Å². The molecule has 1 atom stereocenters. The quantitative estimate of drug-likeness (QED) is 0.490. The van der Waals surface area contributed by atoms with E-state index in [-0.39, 0.29) is 18.2 Å². The first-order valence-corrected chi connectivity index (χ1v) is 6.77. The molecule has 4 N–H and O–H groups in total. The average molecular weight is 258 g/mol. The number of carboxylic acids is 1. The normalized spacial score (nSPS) is 12.1. The Hall–Kier alpha value is -1.10. The van der Waals surface area contributed by atoms with E-state index < -0.39 is 5.97 Å². The molecular weight excluding hydrogens is 232 g/mol. The molecule has 0 aromatic carbocycles. The highest BCUT2D eigenvalue weighted by Crippen LogP contribution is 2.05. The number of carboxylic acid groups (broad SMARTS) is 1. The van der Waals surface area contributed by atoms with E-state index in [1.54, 1.807) is 0 Å². The van der Waals surface area contributed by atoms with Crippen LogP contribution >= 0.6 is 0 Å². The molecule has 0 aliphatic carbocycles. The fourth-order valence-electron chi connectivity index (χ4n) is 1.70. The molecule has 1 amide bonds. The summed E-state index contributed by atoms with van der Waals surface area (Å²) < 4.78 is 0. The largest absolute Gasteiger partial charge is 0.481 e. The summed E-state index contributed by atoms with van der Waals surface area (Å²) in [6.07, 6.45) is 5.45. The van der Waals surface area contributed by atoms with E-state index in [9.17, 15) is 9.59 Å². The van der Waals surface area contributed by atoms with Crippen molar-refractivity contribution in [2.75, 3.05) is 13.1 Å². The van der Waals surface area contributed by atoms with Crippen LogP contribution in [0.3, 0.4) is 0 Å². The SMILES string of the molecule is CC(CCCN)C(=O)NCCCCCCC(=O)O. The summed E-state index contributed by atoms with van der Waals surface area (Å²) in [5.74, 6) is -0.619. The number of hydrogen-bond acceptors (Lipinski definition) is 3. The minimum Gasteiger partial charge on any atom is -0.481 e. The van der Waals surface area contributed by atoms with Gasteiger partial charge in [-0.2, -0.15) is 0 Å². The number of nitrogens with two attached hydrogens (primary N) is 1. The van der Waals surface area contributed by atoms with E-state index in [4.69, 9.17) is 10.8 Å². The zero-order valence-corrected chi connectivity index (χ0v) is 11.3. The Balaban J connectivity index is 3.37. The zero-order valence-electron chi connectivity index (χ0n) is 11.3. The number of nitrogens with one attached hydrogen (secondary N) is 1. The number of aliphatic carboxylic acids is 1. The second kappa shape index (κ2) is 11.0. The van der Waals surface area contributed by atoms with Gasteiger partial charge in [0.25, 0.3) is 0 Å². The molecule has 5 heteroatoms. The molecule has 0 radical (unpaired) electrons. The Labute approximate surface area is 109 Å². The van der Waals surface area contributed by atoms with Crippen LogP contribution in [-0.4, -0.2) is 30.1 Å². The minimum absolute atomic E-state index is 0.0283. The molecule has 0 bridgehead atoms. The maximum atomic E-state index is 11.6. The topological polar surface area (TPSA) is 92.4 Å². The monoisotopic (exact) mass is 258 g/mol. The number of carbonyl (C=O) groups excluding carboxylic acids is 1. The molecule has 0 saturated heterocycles. The number of hydrogen-bond donors (Lipinski definition) is 3. The molecule has 1 unspecified atom stereocenters. The Morgan fingerprint density at radius 1 is 1.17 bits per heavy atom. The molecule has 5 nitrogen and oxygen atoms in total. The van der Waals surface area contributed by atoms with Gasteiger partial charge in [-0.25, -0.2) is 0 Å². The van der Waals surface area contributed by atoms with Crippen LogP contribution in [0.5, 0.6) is 0 Å². The molecule has 0 aliphatic heterocycles. The van der Waals surface area contributed by atoms with Crippen molar-refractivity contribution < 1.29 is 14.7 Å². The second-order valence-corrected chi connectivity index (χ2v) is 4.68. The van der Waals surface area contributed by atoms with Gasteiger partial charge >= 0.3 is 5.97 Å². The second-order valence-electron chi connectivity index (χ2n) is 4.68. The first-order chi connectivity index (χ1) is 8.57. The summed E-state index contributed by atoms with van der Waals surface area (Å²) in [6, 6.07) is 0. The highest BCUT2D eigenvalue weighted by Gasteiger charge is 2.10. The molecule has 106 valence electrons. The summed E-state index contributed by atoms with van der Waals surface area (Å²) in [4.78, 5) is 21.9. The summed E-state index contributed by atoms with van der Waals surface area (Å²) in [5.41, 5.74) is 5.39.